The summed E-state index contributed by atoms with van der Waals surface area (Å²) in [5.74, 6) is 0.563. The Hall–Kier alpha value is -2.82. The van der Waals surface area contributed by atoms with Crippen molar-refractivity contribution in [2.24, 2.45) is 0 Å². The summed E-state index contributed by atoms with van der Waals surface area (Å²) in [5, 5.41) is 2.86. The summed E-state index contributed by atoms with van der Waals surface area (Å²) in [6, 6.07) is 13.8. The van der Waals surface area contributed by atoms with Gasteiger partial charge in [-0.15, -0.1) is 0 Å². The second-order valence-corrected chi connectivity index (χ2v) is 6.94. The van der Waals surface area contributed by atoms with Gasteiger partial charge < -0.3 is 15.0 Å². The molecule has 0 aliphatic carbocycles. The number of amides is 2. The van der Waals surface area contributed by atoms with E-state index in [1.807, 2.05) is 35.2 Å². The summed E-state index contributed by atoms with van der Waals surface area (Å²) in [7, 11) is 0. The number of ether oxygens (including phenoxy) is 1. The fourth-order valence-electron chi connectivity index (χ4n) is 3.72. The van der Waals surface area contributed by atoms with Crippen LogP contribution in [-0.2, 0) is 22.4 Å². The number of hydrogen-bond acceptors (Lipinski definition) is 3. The Labute approximate surface area is 153 Å². The Morgan fingerprint density at radius 1 is 1.15 bits per heavy atom. The highest BCUT2D eigenvalue weighted by Gasteiger charge is 2.28. The van der Waals surface area contributed by atoms with Crippen LogP contribution >= 0.6 is 0 Å². The molecule has 0 aromatic heterocycles. The third-order valence-corrected chi connectivity index (χ3v) is 5.13. The Balaban J connectivity index is 1.48. The molecule has 0 bridgehead atoms. The van der Waals surface area contributed by atoms with Gasteiger partial charge in [-0.2, -0.15) is 0 Å². The number of hydrogen-bond donors (Lipinski definition) is 1. The highest BCUT2D eigenvalue weighted by molar-refractivity contribution is 5.96. The van der Waals surface area contributed by atoms with Crippen LogP contribution in [0.1, 0.15) is 30.9 Å². The van der Waals surface area contributed by atoms with Crippen molar-refractivity contribution in [1.82, 2.24) is 0 Å². The molecule has 4 rings (SSSR count). The lowest BCUT2D eigenvalue weighted by molar-refractivity contribution is -0.121. The van der Waals surface area contributed by atoms with Gasteiger partial charge in [-0.05, 0) is 49.4 Å². The van der Waals surface area contributed by atoms with Crippen LogP contribution in [0.4, 0.5) is 11.4 Å². The van der Waals surface area contributed by atoms with E-state index >= 15 is 0 Å². The highest BCUT2D eigenvalue weighted by Crippen LogP contribution is 2.31. The van der Waals surface area contributed by atoms with Gasteiger partial charge in [0.25, 0.3) is 5.91 Å². The molecule has 0 fully saturated rings. The number of anilines is 2. The minimum absolute atomic E-state index is 0.0180. The zero-order valence-corrected chi connectivity index (χ0v) is 14.8. The first-order chi connectivity index (χ1) is 12.6. The molecule has 0 saturated carbocycles. The zero-order valence-electron chi connectivity index (χ0n) is 14.8. The second kappa shape index (κ2) is 6.83. The number of rotatable bonds is 3. The number of carbonyl (C=O) groups excluding carboxylic acids is 2. The zero-order chi connectivity index (χ0) is 18.1. The lowest BCUT2D eigenvalue weighted by atomic mass is 9.96. The summed E-state index contributed by atoms with van der Waals surface area (Å²) in [6.45, 7) is 2.05. The van der Waals surface area contributed by atoms with E-state index in [9.17, 15) is 9.59 Å². The van der Waals surface area contributed by atoms with Gasteiger partial charge >= 0.3 is 0 Å². The number of nitrogens with one attached hydrogen (secondary N) is 1. The van der Waals surface area contributed by atoms with Crippen molar-refractivity contribution in [3.63, 3.8) is 0 Å². The van der Waals surface area contributed by atoms with E-state index in [0.29, 0.717) is 12.2 Å². The van der Waals surface area contributed by atoms with E-state index < -0.39 is 0 Å². The lowest BCUT2D eigenvalue weighted by Crippen LogP contribution is -2.44. The lowest BCUT2D eigenvalue weighted by Gasteiger charge is -2.35. The molecule has 1 atom stereocenters. The first kappa shape index (κ1) is 16.6. The summed E-state index contributed by atoms with van der Waals surface area (Å²) in [4.78, 5) is 26.2. The number of aryl methyl sites for hydroxylation is 2. The number of para-hydroxylation sites is 1. The second-order valence-electron chi connectivity index (χ2n) is 6.94. The average molecular weight is 350 g/mol. The molecule has 134 valence electrons. The number of carbonyl (C=O) groups is 2. The van der Waals surface area contributed by atoms with Crippen molar-refractivity contribution in [1.29, 1.82) is 0 Å². The van der Waals surface area contributed by atoms with E-state index in [0.717, 1.165) is 36.2 Å². The number of fused-ring (bicyclic) bond motifs is 2. The van der Waals surface area contributed by atoms with Crippen LogP contribution in [0.3, 0.4) is 0 Å². The topological polar surface area (TPSA) is 58.6 Å². The van der Waals surface area contributed by atoms with Crippen molar-refractivity contribution in [3.8, 4) is 5.75 Å². The van der Waals surface area contributed by atoms with Gasteiger partial charge in [0, 0.05) is 29.9 Å². The molecule has 2 aromatic carbocycles. The van der Waals surface area contributed by atoms with Crippen molar-refractivity contribution in [3.05, 3.63) is 53.6 Å². The molecular weight excluding hydrogens is 328 g/mol. The van der Waals surface area contributed by atoms with Crippen LogP contribution in [0.15, 0.2) is 42.5 Å². The predicted molar refractivity (Wildman–Crippen MR) is 101 cm³/mol. The Kier molecular flexibility index (Phi) is 4.37. The van der Waals surface area contributed by atoms with Crippen LogP contribution < -0.4 is 15.0 Å². The molecule has 0 spiro atoms. The third kappa shape index (κ3) is 3.17. The monoisotopic (exact) mass is 350 g/mol. The SMILES string of the molecule is CC1CCc2ccccc2N1C(=O)COc1ccc2c(c1)NC(=O)CC2. The van der Waals surface area contributed by atoms with Gasteiger partial charge in [0.2, 0.25) is 5.91 Å². The maximum Gasteiger partial charge on any atom is 0.265 e. The fourth-order valence-corrected chi connectivity index (χ4v) is 3.72. The van der Waals surface area contributed by atoms with Crippen LogP contribution in [0.25, 0.3) is 0 Å². The molecule has 5 nitrogen and oxygen atoms in total. The van der Waals surface area contributed by atoms with Crippen LogP contribution in [-0.4, -0.2) is 24.5 Å². The normalized spacial score (nSPS) is 18.6. The van der Waals surface area contributed by atoms with E-state index in [1.165, 1.54) is 5.56 Å². The summed E-state index contributed by atoms with van der Waals surface area (Å²) in [5.41, 5.74) is 4.07. The Bertz CT molecular complexity index is 862. The van der Waals surface area contributed by atoms with Crippen LogP contribution in [0, 0.1) is 0 Å². The average Bonchev–Trinajstić information content (AvgIpc) is 2.65. The van der Waals surface area contributed by atoms with Gasteiger partial charge in [0.15, 0.2) is 6.61 Å². The Morgan fingerprint density at radius 2 is 2.00 bits per heavy atom. The van der Waals surface area contributed by atoms with Crippen LogP contribution in [0.2, 0.25) is 0 Å². The summed E-state index contributed by atoms with van der Waals surface area (Å²) >= 11 is 0. The quantitative estimate of drug-likeness (QED) is 0.924. The molecule has 1 N–H and O–H groups in total. The molecule has 1 unspecified atom stereocenters. The number of benzene rings is 2. The molecule has 2 amide bonds. The van der Waals surface area contributed by atoms with Crippen LogP contribution in [0.5, 0.6) is 5.75 Å². The van der Waals surface area contributed by atoms with E-state index in [1.54, 1.807) is 6.07 Å². The molecule has 2 aliphatic rings. The van der Waals surface area contributed by atoms with E-state index in [-0.39, 0.29) is 24.5 Å². The van der Waals surface area contributed by atoms with E-state index in [2.05, 4.69) is 18.3 Å². The molecule has 0 radical (unpaired) electrons. The van der Waals surface area contributed by atoms with Crippen molar-refractivity contribution in [2.75, 3.05) is 16.8 Å². The van der Waals surface area contributed by atoms with Gasteiger partial charge in [-0.25, -0.2) is 0 Å². The maximum atomic E-state index is 12.8. The van der Waals surface area contributed by atoms with Crippen molar-refractivity contribution >= 4 is 23.2 Å². The highest BCUT2D eigenvalue weighted by atomic mass is 16.5. The van der Waals surface area contributed by atoms with Gasteiger partial charge in [-0.3, -0.25) is 9.59 Å². The number of nitrogens with zero attached hydrogens (tertiary/aromatic N) is 1. The van der Waals surface area contributed by atoms with Gasteiger partial charge in [0.1, 0.15) is 5.75 Å². The molecule has 26 heavy (non-hydrogen) atoms. The molecular formula is C21H22N2O3. The van der Waals surface area contributed by atoms with Gasteiger partial charge in [-0.1, -0.05) is 24.3 Å². The van der Waals surface area contributed by atoms with Gasteiger partial charge in [0.05, 0.1) is 0 Å². The summed E-state index contributed by atoms with van der Waals surface area (Å²) in [6.07, 6.45) is 3.19. The van der Waals surface area contributed by atoms with Crippen molar-refractivity contribution in [2.45, 2.75) is 38.6 Å². The molecule has 2 heterocycles. The smallest absolute Gasteiger partial charge is 0.265 e. The largest absolute Gasteiger partial charge is 0.484 e. The minimum Gasteiger partial charge on any atom is -0.484 e. The van der Waals surface area contributed by atoms with Crippen molar-refractivity contribution < 1.29 is 14.3 Å². The molecule has 5 heteroatoms. The Morgan fingerprint density at radius 3 is 2.88 bits per heavy atom. The molecule has 2 aliphatic heterocycles. The first-order valence-electron chi connectivity index (χ1n) is 9.07. The predicted octanol–water partition coefficient (Wildman–Crippen LogP) is 3.32. The summed E-state index contributed by atoms with van der Waals surface area (Å²) < 4.78 is 5.74. The maximum absolute atomic E-state index is 12.8. The molecule has 0 saturated heterocycles. The molecule has 2 aromatic rings. The minimum atomic E-state index is -0.0496. The fraction of sp³-hybridized carbons (Fsp3) is 0.333. The standard InChI is InChI=1S/C21H22N2O3/c1-14-6-7-16-4-2-3-5-19(16)23(14)21(25)13-26-17-10-8-15-9-11-20(24)22-18(15)12-17/h2-5,8,10,12,14H,6-7,9,11,13H2,1H3,(H,22,24). The third-order valence-electron chi connectivity index (χ3n) is 5.13. The van der Waals surface area contributed by atoms with E-state index in [4.69, 9.17) is 4.74 Å². The first-order valence-corrected chi connectivity index (χ1v) is 9.07.